The van der Waals surface area contributed by atoms with Crippen molar-refractivity contribution < 1.29 is 0 Å². The largest absolute Gasteiger partial charge is 0.382 e. The maximum absolute atomic E-state index is 5.90. The Morgan fingerprint density at radius 2 is 1.78 bits per heavy atom. The molecule has 0 saturated heterocycles. The van der Waals surface area contributed by atoms with Crippen molar-refractivity contribution in [3.63, 3.8) is 0 Å². The predicted molar refractivity (Wildman–Crippen MR) is 74.5 cm³/mol. The minimum Gasteiger partial charge on any atom is -0.382 e. The molecule has 2 N–H and O–H groups in total. The van der Waals surface area contributed by atoms with Crippen LogP contribution in [0.25, 0.3) is 0 Å². The second-order valence-electron chi connectivity index (χ2n) is 6.48. The zero-order valence-electron chi connectivity index (χ0n) is 10.9. The lowest BCUT2D eigenvalue weighted by atomic mass is 9.54. The van der Waals surface area contributed by atoms with E-state index in [0.717, 1.165) is 23.7 Å². The van der Waals surface area contributed by atoms with Gasteiger partial charge in [0.25, 0.3) is 0 Å². The van der Waals surface area contributed by atoms with Crippen molar-refractivity contribution in [2.75, 3.05) is 12.0 Å². The second-order valence-corrected chi connectivity index (χ2v) is 7.30. The highest BCUT2D eigenvalue weighted by molar-refractivity contribution is 7.98. The van der Waals surface area contributed by atoms with E-state index in [-0.39, 0.29) is 0 Å². The van der Waals surface area contributed by atoms with Crippen LogP contribution in [0.2, 0.25) is 0 Å². The molecule has 98 valence electrons. The van der Waals surface area contributed by atoms with Gasteiger partial charge in [0, 0.05) is 6.07 Å². The smallest absolute Gasteiger partial charge is 0.146 e. The third-order valence-electron chi connectivity index (χ3n) is 5.39. The summed E-state index contributed by atoms with van der Waals surface area (Å²) in [5.74, 6) is 4.47. The maximum Gasteiger partial charge on any atom is 0.146 e. The first kappa shape index (κ1) is 11.2. The lowest BCUT2D eigenvalue weighted by Crippen LogP contribution is -2.46. The molecule has 0 amide bonds. The SMILES string of the molecule is CSc1cc(N)nn1C1C2CC3CC(C2)CC1C3. The summed E-state index contributed by atoms with van der Waals surface area (Å²) in [4.78, 5) is 0. The molecule has 4 bridgehead atoms. The Morgan fingerprint density at radius 3 is 2.33 bits per heavy atom. The van der Waals surface area contributed by atoms with Crippen LogP contribution in [0.1, 0.15) is 38.1 Å². The summed E-state index contributed by atoms with van der Waals surface area (Å²) in [5.41, 5.74) is 5.90. The molecule has 0 unspecified atom stereocenters. The fourth-order valence-corrected chi connectivity index (χ4v) is 5.65. The standard InChI is InChI=1S/C14H21N3S/c1-18-13-7-12(15)16-17(13)14-10-3-8-2-9(5-10)6-11(14)4-8/h7-11,14H,2-6H2,1H3,(H2,15,16). The summed E-state index contributed by atoms with van der Waals surface area (Å²) in [6.45, 7) is 0. The highest BCUT2D eigenvalue weighted by Gasteiger charge is 2.49. The van der Waals surface area contributed by atoms with Gasteiger partial charge >= 0.3 is 0 Å². The number of hydrogen-bond acceptors (Lipinski definition) is 3. The van der Waals surface area contributed by atoms with Crippen LogP contribution in [-0.2, 0) is 0 Å². The van der Waals surface area contributed by atoms with E-state index in [0.29, 0.717) is 11.9 Å². The molecule has 4 fully saturated rings. The normalized spacial score (nSPS) is 41.5. The molecular weight excluding hydrogens is 242 g/mol. The van der Waals surface area contributed by atoms with Crippen LogP contribution in [0.3, 0.4) is 0 Å². The minimum atomic E-state index is 0.637. The van der Waals surface area contributed by atoms with Gasteiger partial charge in [0.1, 0.15) is 5.82 Å². The number of thioether (sulfide) groups is 1. The summed E-state index contributed by atoms with van der Waals surface area (Å²) in [6.07, 6.45) is 9.38. The van der Waals surface area contributed by atoms with Gasteiger partial charge in [-0.1, -0.05) is 0 Å². The highest BCUT2D eigenvalue weighted by atomic mass is 32.2. The van der Waals surface area contributed by atoms with Crippen molar-refractivity contribution in [3.8, 4) is 0 Å². The number of nitrogen functional groups attached to an aromatic ring is 1. The Bertz CT molecular complexity index is 440. The van der Waals surface area contributed by atoms with Crippen LogP contribution < -0.4 is 5.73 Å². The van der Waals surface area contributed by atoms with Crippen molar-refractivity contribution in [1.82, 2.24) is 9.78 Å². The molecule has 0 atom stereocenters. The molecule has 1 aromatic rings. The van der Waals surface area contributed by atoms with Crippen LogP contribution in [0.5, 0.6) is 0 Å². The number of nitrogens with two attached hydrogens (primary N) is 1. The van der Waals surface area contributed by atoms with Gasteiger partial charge in [0.2, 0.25) is 0 Å². The monoisotopic (exact) mass is 263 g/mol. The second kappa shape index (κ2) is 3.92. The Morgan fingerprint density at radius 1 is 1.17 bits per heavy atom. The number of rotatable bonds is 2. The number of nitrogens with zero attached hydrogens (tertiary/aromatic N) is 2. The molecule has 4 aliphatic rings. The first-order chi connectivity index (χ1) is 8.74. The van der Waals surface area contributed by atoms with Gasteiger partial charge in [-0.05, 0) is 62.0 Å². The van der Waals surface area contributed by atoms with Gasteiger partial charge in [0.05, 0.1) is 11.1 Å². The Labute approximate surface area is 112 Å². The van der Waals surface area contributed by atoms with E-state index >= 15 is 0 Å². The molecule has 5 rings (SSSR count). The van der Waals surface area contributed by atoms with Crippen LogP contribution in [0, 0.1) is 23.7 Å². The first-order valence-electron chi connectivity index (χ1n) is 7.13. The molecule has 0 aliphatic heterocycles. The summed E-state index contributed by atoms with van der Waals surface area (Å²) in [6, 6.07) is 2.67. The quantitative estimate of drug-likeness (QED) is 0.833. The van der Waals surface area contributed by atoms with Gasteiger partial charge in [-0.3, -0.25) is 4.68 Å². The third-order valence-corrected chi connectivity index (χ3v) is 6.11. The van der Waals surface area contributed by atoms with Crippen molar-refractivity contribution in [2.24, 2.45) is 23.7 Å². The van der Waals surface area contributed by atoms with E-state index in [2.05, 4.69) is 16.0 Å². The summed E-state index contributed by atoms with van der Waals surface area (Å²) in [5, 5.41) is 5.86. The topological polar surface area (TPSA) is 43.8 Å². The van der Waals surface area contributed by atoms with E-state index in [1.807, 2.05) is 6.07 Å². The number of hydrogen-bond donors (Lipinski definition) is 1. The first-order valence-corrected chi connectivity index (χ1v) is 8.36. The van der Waals surface area contributed by atoms with Crippen LogP contribution in [0.15, 0.2) is 11.1 Å². The Balaban J connectivity index is 1.72. The van der Waals surface area contributed by atoms with E-state index in [1.165, 1.54) is 37.1 Å². The number of aromatic nitrogens is 2. The van der Waals surface area contributed by atoms with Crippen LogP contribution >= 0.6 is 11.8 Å². The summed E-state index contributed by atoms with van der Waals surface area (Å²) in [7, 11) is 0. The summed E-state index contributed by atoms with van der Waals surface area (Å²) >= 11 is 1.78. The molecule has 0 aromatic carbocycles. The maximum atomic E-state index is 5.90. The van der Waals surface area contributed by atoms with Crippen LogP contribution in [0.4, 0.5) is 5.82 Å². The fraction of sp³-hybridized carbons (Fsp3) is 0.786. The predicted octanol–water partition coefficient (Wildman–Crippen LogP) is 3.18. The van der Waals surface area contributed by atoms with Gasteiger partial charge < -0.3 is 5.73 Å². The lowest BCUT2D eigenvalue weighted by Gasteiger charge is -2.54. The Hall–Kier alpha value is -0.640. The van der Waals surface area contributed by atoms with E-state index < -0.39 is 0 Å². The molecule has 1 heterocycles. The van der Waals surface area contributed by atoms with Gasteiger partial charge in [-0.2, -0.15) is 5.10 Å². The van der Waals surface area contributed by atoms with Gasteiger partial charge in [-0.25, -0.2) is 0 Å². The zero-order chi connectivity index (χ0) is 12.3. The van der Waals surface area contributed by atoms with Gasteiger partial charge in [-0.15, -0.1) is 11.8 Å². The zero-order valence-corrected chi connectivity index (χ0v) is 11.7. The average molecular weight is 263 g/mol. The van der Waals surface area contributed by atoms with Crippen molar-refractivity contribution in [1.29, 1.82) is 0 Å². The Kier molecular flexibility index (Phi) is 2.44. The molecule has 18 heavy (non-hydrogen) atoms. The molecule has 4 saturated carbocycles. The van der Waals surface area contributed by atoms with E-state index in [1.54, 1.807) is 11.8 Å². The molecule has 3 nitrogen and oxygen atoms in total. The van der Waals surface area contributed by atoms with Crippen LogP contribution in [-0.4, -0.2) is 16.0 Å². The van der Waals surface area contributed by atoms with Crippen molar-refractivity contribution >= 4 is 17.6 Å². The average Bonchev–Trinajstić information content (AvgIpc) is 2.69. The highest BCUT2D eigenvalue weighted by Crippen LogP contribution is 2.58. The molecule has 4 aliphatic carbocycles. The molecule has 0 radical (unpaired) electrons. The molecular formula is C14H21N3S. The molecule has 0 spiro atoms. The number of anilines is 1. The summed E-state index contributed by atoms with van der Waals surface area (Å²) < 4.78 is 2.27. The molecule has 1 aromatic heterocycles. The van der Waals surface area contributed by atoms with Crippen molar-refractivity contribution in [3.05, 3.63) is 6.07 Å². The van der Waals surface area contributed by atoms with E-state index in [9.17, 15) is 0 Å². The minimum absolute atomic E-state index is 0.637. The third kappa shape index (κ3) is 1.54. The van der Waals surface area contributed by atoms with Crippen molar-refractivity contribution in [2.45, 2.75) is 43.2 Å². The fourth-order valence-electron chi connectivity index (χ4n) is 5.06. The van der Waals surface area contributed by atoms with Gasteiger partial charge in [0.15, 0.2) is 0 Å². The van der Waals surface area contributed by atoms with E-state index in [4.69, 9.17) is 5.73 Å². The molecule has 4 heteroatoms. The lowest BCUT2D eigenvalue weighted by molar-refractivity contribution is -0.0366.